The Morgan fingerprint density at radius 2 is 1.72 bits per heavy atom. The highest BCUT2D eigenvalue weighted by Crippen LogP contribution is 2.57. The molecule has 2 saturated heterocycles. The van der Waals surface area contributed by atoms with Crippen LogP contribution in [0.25, 0.3) is 0 Å². The molecule has 0 aromatic carbocycles. The molecule has 0 aromatic rings. The van der Waals surface area contributed by atoms with E-state index in [0.717, 1.165) is 12.8 Å². The molecule has 0 radical (unpaired) electrons. The van der Waals surface area contributed by atoms with Crippen LogP contribution >= 0.6 is 0 Å². The first-order chi connectivity index (χ1) is 11.3. The van der Waals surface area contributed by atoms with Gasteiger partial charge < -0.3 is 18.6 Å². The van der Waals surface area contributed by atoms with Crippen LogP contribution in [0, 0.1) is 5.92 Å². The van der Waals surface area contributed by atoms with E-state index in [1.54, 1.807) is 0 Å². The van der Waals surface area contributed by atoms with E-state index in [-0.39, 0.29) is 34.7 Å². The second-order valence-corrected chi connectivity index (χ2v) is 14.7. The first kappa shape index (κ1) is 21.4. The quantitative estimate of drug-likeness (QED) is 0.459. The van der Waals surface area contributed by atoms with Crippen molar-refractivity contribution in [3.8, 4) is 0 Å². The summed E-state index contributed by atoms with van der Waals surface area (Å²) >= 11 is 0. The smallest absolute Gasteiger partial charge is 0.192 e. The molecular weight excluding hydrogens is 332 g/mol. The molecule has 1 unspecified atom stereocenters. The number of rotatable bonds is 7. The van der Waals surface area contributed by atoms with Crippen molar-refractivity contribution in [3.05, 3.63) is 0 Å². The molecule has 2 bridgehead atoms. The Labute approximate surface area is 156 Å². The van der Waals surface area contributed by atoms with Gasteiger partial charge in [-0.3, -0.25) is 0 Å². The van der Waals surface area contributed by atoms with Gasteiger partial charge in [0.25, 0.3) is 0 Å². The van der Waals surface area contributed by atoms with Gasteiger partial charge in [-0.15, -0.1) is 0 Å². The van der Waals surface area contributed by atoms with Crippen LogP contribution in [0.15, 0.2) is 0 Å². The summed E-state index contributed by atoms with van der Waals surface area (Å²) in [6.45, 7) is 22.9. The number of ether oxygens (including phenoxy) is 3. The van der Waals surface area contributed by atoms with Gasteiger partial charge in [0, 0.05) is 19.4 Å². The first-order valence-electron chi connectivity index (χ1n) is 9.92. The van der Waals surface area contributed by atoms with Crippen LogP contribution < -0.4 is 0 Å². The molecule has 0 aromatic heterocycles. The van der Waals surface area contributed by atoms with Crippen LogP contribution in [-0.2, 0) is 18.6 Å². The van der Waals surface area contributed by atoms with E-state index in [4.69, 9.17) is 18.6 Å². The van der Waals surface area contributed by atoms with Crippen LogP contribution in [0.4, 0.5) is 0 Å². The zero-order valence-corrected chi connectivity index (χ0v) is 19.1. The molecule has 2 rings (SSSR count). The second-order valence-electron chi connectivity index (χ2n) is 9.95. The van der Waals surface area contributed by atoms with Crippen LogP contribution in [0.5, 0.6) is 0 Å². The molecule has 0 aliphatic carbocycles. The van der Waals surface area contributed by atoms with Crippen molar-refractivity contribution >= 4 is 8.32 Å². The third-order valence-electron chi connectivity index (χ3n) is 6.72. The molecule has 0 amide bonds. The minimum Gasteiger partial charge on any atom is -0.411 e. The lowest BCUT2D eigenvalue weighted by Gasteiger charge is -2.44. The van der Waals surface area contributed by atoms with Gasteiger partial charge in [-0.05, 0) is 44.8 Å². The molecule has 2 heterocycles. The number of fused-ring (bicyclic) bond motifs is 2. The van der Waals surface area contributed by atoms with Crippen LogP contribution in [-0.4, -0.2) is 44.6 Å². The third kappa shape index (κ3) is 3.86. The standard InChI is InChI=1S/C20H40O4Si/c1-11-21-15(4)22-17-12-19(8)16(13-20(17,24-19)14(2)3)23-25(9,10)18(5,6)7/h14-17H,11-13H2,1-10H3/t15?,16-,17+,19+,20-/m1/s1. The molecular formula is C20H40O4Si. The maximum Gasteiger partial charge on any atom is 0.192 e. The van der Waals surface area contributed by atoms with Crippen molar-refractivity contribution in [1.82, 2.24) is 0 Å². The Morgan fingerprint density at radius 3 is 2.20 bits per heavy atom. The van der Waals surface area contributed by atoms with E-state index < -0.39 is 8.32 Å². The molecule has 0 spiro atoms. The molecule has 0 saturated carbocycles. The number of hydrogen-bond donors (Lipinski definition) is 0. The van der Waals surface area contributed by atoms with E-state index in [2.05, 4.69) is 54.6 Å². The molecule has 2 aliphatic rings. The summed E-state index contributed by atoms with van der Waals surface area (Å²) in [4.78, 5) is 0. The topological polar surface area (TPSA) is 36.9 Å². The Hall–Kier alpha value is 0.0569. The second kappa shape index (κ2) is 6.90. The van der Waals surface area contributed by atoms with Crippen LogP contribution in [0.1, 0.15) is 68.2 Å². The predicted molar refractivity (Wildman–Crippen MR) is 104 cm³/mol. The van der Waals surface area contributed by atoms with Crippen LogP contribution in [0.3, 0.4) is 0 Å². The summed E-state index contributed by atoms with van der Waals surface area (Å²) < 4.78 is 25.4. The Bertz CT molecular complexity index is 473. The fraction of sp³-hybridized carbons (Fsp3) is 1.00. The molecule has 2 aliphatic heterocycles. The van der Waals surface area contributed by atoms with Crippen LogP contribution in [0.2, 0.25) is 18.1 Å². The molecule has 2 fully saturated rings. The van der Waals surface area contributed by atoms with Crippen molar-refractivity contribution in [1.29, 1.82) is 0 Å². The van der Waals surface area contributed by atoms with Gasteiger partial charge in [0.05, 0.1) is 17.8 Å². The lowest BCUT2D eigenvalue weighted by Crippen LogP contribution is -2.54. The average Bonchev–Trinajstić information content (AvgIpc) is 2.86. The Morgan fingerprint density at radius 1 is 1.12 bits per heavy atom. The lowest BCUT2D eigenvalue weighted by atomic mass is 9.73. The highest BCUT2D eigenvalue weighted by atomic mass is 28.4. The monoisotopic (exact) mass is 372 g/mol. The normalized spacial score (nSPS) is 37.1. The lowest BCUT2D eigenvalue weighted by molar-refractivity contribution is -0.198. The molecule has 25 heavy (non-hydrogen) atoms. The van der Waals surface area contributed by atoms with Gasteiger partial charge in [0.2, 0.25) is 0 Å². The summed E-state index contributed by atoms with van der Waals surface area (Å²) in [7, 11) is -1.83. The molecule has 148 valence electrons. The largest absolute Gasteiger partial charge is 0.411 e. The maximum absolute atomic E-state index is 6.80. The van der Waals surface area contributed by atoms with Gasteiger partial charge in [0.15, 0.2) is 14.6 Å². The minimum atomic E-state index is -1.83. The van der Waals surface area contributed by atoms with E-state index in [1.165, 1.54) is 0 Å². The Balaban J connectivity index is 2.19. The third-order valence-corrected chi connectivity index (χ3v) is 11.2. The summed E-state index contributed by atoms with van der Waals surface area (Å²) in [5.41, 5.74) is -0.538. The summed E-state index contributed by atoms with van der Waals surface area (Å²) in [5.74, 6) is 0.376. The fourth-order valence-electron chi connectivity index (χ4n) is 4.05. The van der Waals surface area contributed by atoms with Gasteiger partial charge in [-0.25, -0.2) is 0 Å². The van der Waals surface area contributed by atoms with E-state index in [1.807, 2.05) is 13.8 Å². The highest BCUT2D eigenvalue weighted by molar-refractivity contribution is 6.74. The maximum atomic E-state index is 6.80. The van der Waals surface area contributed by atoms with Crippen molar-refractivity contribution in [2.24, 2.45) is 5.92 Å². The minimum absolute atomic E-state index is 0.0679. The zero-order chi connectivity index (χ0) is 19.3. The average molecular weight is 373 g/mol. The van der Waals surface area contributed by atoms with Crippen molar-refractivity contribution in [2.45, 2.75) is 116 Å². The summed E-state index contributed by atoms with van der Waals surface area (Å²) in [5, 5.41) is 0.204. The van der Waals surface area contributed by atoms with Crippen molar-refractivity contribution < 1.29 is 18.6 Å². The van der Waals surface area contributed by atoms with Gasteiger partial charge in [0.1, 0.15) is 5.60 Å². The van der Waals surface area contributed by atoms with E-state index >= 15 is 0 Å². The van der Waals surface area contributed by atoms with E-state index in [0.29, 0.717) is 12.5 Å². The Kier molecular flexibility index (Phi) is 5.89. The fourth-order valence-corrected chi connectivity index (χ4v) is 5.45. The zero-order valence-electron chi connectivity index (χ0n) is 18.1. The highest BCUT2D eigenvalue weighted by Gasteiger charge is 2.67. The summed E-state index contributed by atoms with van der Waals surface area (Å²) in [6, 6.07) is 0. The van der Waals surface area contributed by atoms with Gasteiger partial charge in [-0.2, -0.15) is 0 Å². The summed E-state index contributed by atoms with van der Waals surface area (Å²) in [6.07, 6.45) is 1.81. The van der Waals surface area contributed by atoms with E-state index in [9.17, 15) is 0 Å². The van der Waals surface area contributed by atoms with Crippen molar-refractivity contribution in [3.63, 3.8) is 0 Å². The first-order valence-corrected chi connectivity index (χ1v) is 12.8. The van der Waals surface area contributed by atoms with Gasteiger partial charge >= 0.3 is 0 Å². The molecule has 5 atom stereocenters. The molecule has 5 heteroatoms. The number of hydrogen-bond acceptors (Lipinski definition) is 4. The SMILES string of the molecule is CCOC(C)O[C@H]1C[C@]2(C)O[C@@]1(C(C)C)C[C@H]2O[Si](C)(C)C(C)(C)C. The van der Waals surface area contributed by atoms with Crippen molar-refractivity contribution in [2.75, 3.05) is 6.61 Å². The van der Waals surface area contributed by atoms with Gasteiger partial charge in [-0.1, -0.05) is 34.6 Å². The molecule has 0 N–H and O–H groups in total. The molecule has 4 nitrogen and oxygen atoms in total. The predicted octanol–water partition coefficient (Wildman–Crippen LogP) is 5.12.